The molecule has 21 heavy (non-hydrogen) atoms. The molecule has 0 radical (unpaired) electrons. The highest BCUT2D eigenvalue weighted by atomic mass is 16.3. The number of aromatic nitrogens is 2. The van der Waals surface area contributed by atoms with Gasteiger partial charge < -0.3 is 8.98 Å². The van der Waals surface area contributed by atoms with Crippen molar-refractivity contribution in [2.24, 2.45) is 0 Å². The number of hydrogen-bond acceptors (Lipinski definition) is 2. The van der Waals surface area contributed by atoms with Gasteiger partial charge in [0.1, 0.15) is 11.6 Å². The van der Waals surface area contributed by atoms with E-state index in [1.807, 2.05) is 48.5 Å². The molecule has 0 aliphatic carbocycles. The van der Waals surface area contributed by atoms with E-state index in [0.717, 1.165) is 28.2 Å². The first kappa shape index (κ1) is 12.0. The molecule has 0 fully saturated rings. The third-order valence-corrected chi connectivity index (χ3v) is 3.58. The Morgan fingerprint density at radius 3 is 2.48 bits per heavy atom. The number of fused-ring (bicyclic) bond motifs is 1. The average molecular weight is 274 g/mol. The largest absolute Gasteiger partial charge is 0.467 e. The number of para-hydroxylation sites is 2. The minimum atomic E-state index is 0.678. The summed E-state index contributed by atoms with van der Waals surface area (Å²) in [6.45, 7) is 0.678. The fourth-order valence-corrected chi connectivity index (χ4v) is 2.60. The molecule has 102 valence electrons. The average Bonchev–Trinajstić information content (AvgIpc) is 3.17. The van der Waals surface area contributed by atoms with Crippen molar-refractivity contribution in [3.05, 3.63) is 78.8 Å². The number of nitrogens with zero attached hydrogens (tertiary/aromatic N) is 2. The zero-order valence-electron chi connectivity index (χ0n) is 11.4. The summed E-state index contributed by atoms with van der Waals surface area (Å²) in [5.41, 5.74) is 3.23. The molecule has 3 nitrogen and oxygen atoms in total. The molecule has 0 aliphatic heterocycles. The summed E-state index contributed by atoms with van der Waals surface area (Å²) >= 11 is 0. The first-order chi connectivity index (χ1) is 10.4. The lowest BCUT2D eigenvalue weighted by molar-refractivity contribution is 0.497. The van der Waals surface area contributed by atoms with Gasteiger partial charge in [-0.15, -0.1) is 0 Å². The lowest BCUT2D eigenvalue weighted by Gasteiger charge is -2.07. The van der Waals surface area contributed by atoms with Gasteiger partial charge in [0, 0.05) is 5.56 Å². The predicted molar refractivity (Wildman–Crippen MR) is 83.0 cm³/mol. The maximum Gasteiger partial charge on any atom is 0.141 e. The van der Waals surface area contributed by atoms with E-state index >= 15 is 0 Å². The number of imidazole rings is 1. The van der Waals surface area contributed by atoms with Crippen LogP contribution in [-0.2, 0) is 6.54 Å². The second kappa shape index (κ2) is 4.94. The standard InChI is InChI=1S/C18H14N2O/c1-2-7-14(8-3-1)18-19-16-10-4-5-11-17(16)20(18)13-15-9-6-12-21-15/h1-12H,13H2. The van der Waals surface area contributed by atoms with Gasteiger partial charge in [-0.1, -0.05) is 42.5 Å². The predicted octanol–water partition coefficient (Wildman–Crippen LogP) is 4.34. The molecule has 0 spiro atoms. The first-order valence-corrected chi connectivity index (χ1v) is 6.95. The maximum absolute atomic E-state index is 5.50. The zero-order valence-corrected chi connectivity index (χ0v) is 11.4. The monoisotopic (exact) mass is 274 g/mol. The molecule has 0 saturated heterocycles. The van der Waals surface area contributed by atoms with Crippen molar-refractivity contribution in [2.75, 3.05) is 0 Å². The molecule has 4 aromatic rings. The molecule has 0 unspecified atom stereocenters. The summed E-state index contributed by atoms with van der Waals surface area (Å²) in [5.74, 6) is 1.89. The molecule has 0 N–H and O–H groups in total. The van der Waals surface area contributed by atoms with Crippen molar-refractivity contribution < 1.29 is 4.42 Å². The summed E-state index contributed by atoms with van der Waals surface area (Å²) < 4.78 is 7.70. The Balaban J connectivity index is 1.93. The quantitative estimate of drug-likeness (QED) is 0.556. The molecule has 4 rings (SSSR count). The SMILES string of the molecule is c1ccc(-c2nc3ccccc3n2Cc2ccco2)cc1. The second-order valence-electron chi connectivity index (χ2n) is 4.96. The van der Waals surface area contributed by atoms with Gasteiger partial charge in [0.2, 0.25) is 0 Å². The summed E-state index contributed by atoms with van der Waals surface area (Å²) in [4.78, 5) is 4.78. The number of rotatable bonds is 3. The van der Waals surface area contributed by atoms with E-state index in [2.05, 4.69) is 22.8 Å². The van der Waals surface area contributed by atoms with Crippen molar-refractivity contribution >= 4 is 11.0 Å². The molecule has 2 heterocycles. The zero-order chi connectivity index (χ0) is 14.1. The van der Waals surface area contributed by atoms with Gasteiger partial charge in [-0.3, -0.25) is 0 Å². The van der Waals surface area contributed by atoms with Crippen LogP contribution in [0.2, 0.25) is 0 Å². The molecule has 2 aromatic heterocycles. The lowest BCUT2D eigenvalue weighted by Crippen LogP contribution is -2.01. The van der Waals surface area contributed by atoms with Crippen LogP contribution in [0.3, 0.4) is 0 Å². The number of furan rings is 1. The fraction of sp³-hybridized carbons (Fsp3) is 0.0556. The highest BCUT2D eigenvalue weighted by Crippen LogP contribution is 2.25. The lowest BCUT2D eigenvalue weighted by atomic mass is 10.2. The Hall–Kier alpha value is -2.81. The third-order valence-electron chi connectivity index (χ3n) is 3.58. The van der Waals surface area contributed by atoms with Crippen molar-refractivity contribution in [1.29, 1.82) is 0 Å². The molecule has 2 aromatic carbocycles. The van der Waals surface area contributed by atoms with Crippen LogP contribution in [0.5, 0.6) is 0 Å². The van der Waals surface area contributed by atoms with Crippen LogP contribution in [0.4, 0.5) is 0 Å². The van der Waals surface area contributed by atoms with E-state index < -0.39 is 0 Å². The van der Waals surface area contributed by atoms with Crippen molar-refractivity contribution in [3.8, 4) is 11.4 Å². The van der Waals surface area contributed by atoms with Crippen LogP contribution in [0.15, 0.2) is 77.4 Å². The molecular weight excluding hydrogens is 260 g/mol. The number of benzene rings is 2. The van der Waals surface area contributed by atoms with Crippen molar-refractivity contribution in [2.45, 2.75) is 6.54 Å². The van der Waals surface area contributed by atoms with E-state index in [9.17, 15) is 0 Å². The second-order valence-corrected chi connectivity index (χ2v) is 4.96. The van der Waals surface area contributed by atoms with Crippen LogP contribution < -0.4 is 0 Å². The Morgan fingerprint density at radius 2 is 1.67 bits per heavy atom. The third kappa shape index (κ3) is 2.13. The van der Waals surface area contributed by atoms with Crippen LogP contribution in [0, 0.1) is 0 Å². The maximum atomic E-state index is 5.50. The Labute approximate surface area is 122 Å². The molecule has 0 atom stereocenters. The summed E-state index contributed by atoms with van der Waals surface area (Å²) in [6, 6.07) is 22.3. The van der Waals surface area contributed by atoms with E-state index in [-0.39, 0.29) is 0 Å². The highest BCUT2D eigenvalue weighted by molar-refractivity contribution is 5.80. The fourth-order valence-electron chi connectivity index (χ4n) is 2.60. The smallest absolute Gasteiger partial charge is 0.141 e. The normalized spacial score (nSPS) is 11.0. The van der Waals surface area contributed by atoms with E-state index in [1.165, 1.54) is 0 Å². The number of hydrogen-bond donors (Lipinski definition) is 0. The van der Waals surface area contributed by atoms with Crippen LogP contribution in [0.25, 0.3) is 22.4 Å². The summed E-state index contributed by atoms with van der Waals surface area (Å²) in [6.07, 6.45) is 1.71. The Morgan fingerprint density at radius 1 is 0.857 bits per heavy atom. The summed E-state index contributed by atoms with van der Waals surface area (Å²) in [5, 5.41) is 0. The van der Waals surface area contributed by atoms with Gasteiger partial charge in [-0.05, 0) is 24.3 Å². The molecule has 3 heteroatoms. The minimum Gasteiger partial charge on any atom is -0.467 e. The summed E-state index contributed by atoms with van der Waals surface area (Å²) in [7, 11) is 0. The first-order valence-electron chi connectivity index (χ1n) is 6.95. The van der Waals surface area contributed by atoms with Gasteiger partial charge in [0.25, 0.3) is 0 Å². The van der Waals surface area contributed by atoms with E-state index in [1.54, 1.807) is 6.26 Å². The van der Waals surface area contributed by atoms with Gasteiger partial charge in [-0.25, -0.2) is 4.98 Å². The Kier molecular flexibility index (Phi) is 2.82. The van der Waals surface area contributed by atoms with Crippen LogP contribution in [0.1, 0.15) is 5.76 Å². The molecule has 0 amide bonds. The van der Waals surface area contributed by atoms with Gasteiger partial charge in [0.15, 0.2) is 0 Å². The van der Waals surface area contributed by atoms with Gasteiger partial charge in [0.05, 0.1) is 23.8 Å². The van der Waals surface area contributed by atoms with Crippen LogP contribution >= 0.6 is 0 Å². The molecular formula is C18H14N2O. The highest BCUT2D eigenvalue weighted by Gasteiger charge is 2.13. The van der Waals surface area contributed by atoms with Crippen LogP contribution in [-0.4, -0.2) is 9.55 Å². The minimum absolute atomic E-state index is 0.678. The molecule has 0 bridgehead atoms. The van der Waals surface area contributed by atoms with Gasteiger partial charge >= 0.3 is 0 Å². The molecule has 0 aliphatic rings. The van der Waals surface area contributed by atoms with Crippen molar-refractivity contribution in [3.63, 3.8) is 0 Å². The topological polar surface area (TPSA) is 31.0 Å². The Bertz CT molecular complexity index is 861. The molecule has 0 saturated carbocycles. The van der Waals surface area contributed by atoms with Crippen molar-refractivity contribution in [1.82, 2.24) is 9.55 Å². The van der Waals surface area contributed by atoms with E-state index in [0.29, 0.717) is 6.54 Å². The van der Waals surface area contributed by atoms with Gasteiger partial charge in [-0.2, -0.15) is 0 Å². The van der Waals surface area contributed by atoms with E-state index in [4.69, 9.17) is 9.40 Å².